The van der Waals surface area contributed by atoms with Crippen LogP contribution in [0.3, 0.4) is 0 Å². The van der Waals surface area contributed by atoms with Crippen molar-refractivity contribution >= 4 is 34.8 Å². The molecular weight excluding hydrogens is 466 g/mol. The Morgan fingerprint density at radius 1 is 1.12 bits per heavy atom. The Kier molecular flexibility index (Phi) is 7.16. The van der Waals surface area contributed by atoms with E-state index in [4.69, 9.17) is 32.8 Å². The van der Waals surface area contributed by atoms with Gasteiger partial charge in [-0.1, -0.05) is 52.6 Å². The van der Waals surface area contributed by atoms with E-state index < -0.39 is 5.82 Å². The lowest BCUT2D eigenvalue weighted by molar-refractivity contribution is 0.0405. The van der Waals surface area contributed by atoms with Gasteiger partial charge in [-0.2, -0.15) is 0 Å². The van der Waals surface area contributed by atoms with E-state index in [0.717, 1.165) is 16.8 Å². The molecule has 0 aromatic heterocycles. The third-order valence-corrected chi connectivity index (χ3v) is 6.02. The molecule has 1 aliphatic rings. The van der Waals surface area contributed by atoms with E-state index >= 15 is 0 Å². The zero-order valence-electron chi connectivity index (χ0n) is 17.8. The van der Waals surface area contributed by atoms with Gasteiger partial charge in [-0.3, -0.25) is 4.79 Å². The number of benzene rings is 3. The maximum atomic E-state index is 13.8. The van der Waals surface area contributed by atoms with E-state index in [1.807, 2.05) is 30.3 Å². The quantitative estimate of drug-likeness (QED) is 0.412. The van der Waals surface area contributed by atoms with Gasteiger partial charge in [0.1, 0.15) is 11.6 Å². The van der Waals surface area contributed by atoms with Crippen LogP contribution in [0.4, 0.5) is 4.39 Å². The van der Waals surface area contributed by atoms with Gasteiger partial charge in [0.25, 0.3) is 5.91 Å². The van der Waals surface area contributed by atoms with Gasteiger partial charge < -0.3 is 14.5 Å². The summed E-state index contributed by atoms with van der Waals surface area (Å²) in [7, 11) is 1.59. The number of amides is 1. The highest BCUT2D eigenvalue weighted by Gasteiger charge is 2.28. The summed E-state index contributed by atoms with van der Waals surface area (Å²) < 4.78 is 19.1. The molecule has 0 spiro atoms. The van der Waals surface area contributed by atoms with Crippen molar-refractivity contribution in [2.24, 2.45) is 5.16 Å². The Balaban J connectivity index is 1.53. The summed E-state index contributed by atoms with van der Waals surface area (Å²) >= 11 is 12.1. The molecule has 3 aromatic rings. The van der Waals surface area contributed by atoms with Gasteiger partial charge in [0.05, 0.1) is 29.4 Å². The maximum absolute atomic E-state index is 13.8. The zero-order valence-corrected chi connectivity index (χ0v) is 19.3. The van der Waals surface area contributed by atoms with Crippen molar-refractivity contribution in [1.29, 1.82) is 0 Å². The Morgan fingerprint density at radius 2 is 1.94 bits per heavy atom. The van der Waals surface area contributed by atoms with Gasteiger partial charge in [0.15, 0.2) is 6.10 Å². The Morgan fingerprint density at radius 3 is 2.70 bits per heavy atom. The molecule has 0 bridgehead atoms. The van der Waals surface area contributed by atoms with Crippen molar-refractivity contribution in [3.05, 3.63) is 99.3 Å². The molecular formula is C25H21Cl2FN2O3. The lowest BCUT2D eigenvalue weighted by Crippen LogP contribution is -2.37. The third kappa shape index (κ3) is 5.64. The van der Waals surface area contributed by atoms with E-state index in [-0.39, 0.29) is 24.1 Å². The van der Waals surface area contributed by atoms with Crippen LogP contribution in [0, 0.1) is 5.82 Å². The molecule has 0 saturated heterocycles. The average Bonchev–Trinajstić information content (AvgIpc) is 3.28. The molecule has 1 atom stereocenters. The van der Waals surface area contributed by atoms with Crippen LogP contribution >= 0.6 is 23.2 Å². The number of hydrogen-bond donors (Lipinski definition) is 0. The first-order valence-corrected chi connectivity index (χ1v) is 11.0. The predicted molar refractivity (Wildman–Crippen MR) is 127 cm³/mol. The smallest absolute Gasteiger partial charge is 0.254 e. The van der Waals surface area contributed by atoms with E-state index in [2.05, 4.69) is 5.16 Å². The van der Waals surface area contributed by atoms with Crippen molar-refractivity contribution in [3.8, 4) is 5.75 Å². The minimum absolute atomic E-state index is 0.265. The number of halogens is 3. The zero-order chi connectivity index (χ0) is 23.4. The first-order valence-electron chi connectivity index (χ1n) is 10.3. The van der Waals surface area contributed by atoms with Gasteiger partial charge in [0.2, 0.25) is 0 Å². The standard InChI is InChI=1S/C25H21Cl2FN2O3/c1-32-20-7-2-4-16(10-20)14-30(25(31)18-5-3-6-19(28)11-18)15-21-13-24(29-33-21)17-8-9-22(26)23(27)12-17/h2-12,21H,13-15H2,1H3/t21-/m1/s1. The molecule has 4 rings (SSSR count). The summed E-state index contributed by atoms with van der Waals surface area (Å²) in [5.41, 5.74) is 2.67. The first kappa shape index (κ1) is 23.1. The Hall–Kier alpha value is -3.09. The number of carbonyl (C=O) groups is 1. The first-order chi connectivity index (χ1) is 15.9. The van der Waals surface area contributed by atoms with Crippen LogP contribution in [-0.4, -0.2) is 36.3 Å². The molecule has 1 heterocycles. The van der Waals surface area contributed by atoms with Crippen LogP contribution in [0.25, 0.3) is 0 Å². The van der Waals surface area contributed by atoms with E-state index in [1.165, 1.54) is 18.2 Å². The molecule has 0 unspecified atom stereocenters. The highest BCUT2D eigenvalue weighted by molar-refractivity contribution is 6.42. The number of rotatable bonds is 7. The number of hydrogen-bond acceptors (Lipinski definition) is 4. The largest absolute Gasteiger partial charge is 0.497 e. The van der Waals surface area contributed by atoms with Crippen molar-refractivity contribution in [2.45, 2.75) is 19.1 Å². The molecule has 5 nitrogen and oxygen atoms in total. The van der Waals surface area contributed by atoms with Crippen LogP contribution in [0.5, 0.6) is 5.75 Å². The Labute approximate surface area is 201 Å². The predicted octanol–water partition coefficient (Wildman–Crippen LogP) is 5.98. The number of ether oxygens (including phenoxy) is 1. The number of oxime groups is 1. The molecule has 33 heavy (non-hydrogen) atoms. The summed E-state index contributed by atoms with van der Waals surface area (Å²) in [6.45, 7) is 0.565. The number of nitrogens with zero attached hydrogens (tertiary/aromatic N) is 2. The topological polar surface area (TPSA) is 51.1 Å². The SMILES string of the molecule is COc1cccc(CN(C[C@H]2CC(c3ccc(Cl)c(Cl)c3)=NO2)C(=O)c2cccc(F)c2)c1. The molecule has 0 N–H and O–H groups in total. The monoisotopic (exact) mass is 486 g/mol. The summed E-state index contributed by atoms with van der Waals surface area (Å²) in [6, 6.07) is 18.4. The van der Waals surface area contributed by atoms with Crippen molar-refractivity contribution < 1.29 is 18.8 Å². The number of methoxy groups -OCH3 is 1. The van der Waals surface area contributed by atoms with E-state index in [1.54, 1.807) is 30.2 Å². The van der Waals surface area contributed by atoms with Crippen LogP contribution in [0.2, 0.25) is 10.0 Å². The summed E-state index contributed by atoms with van der Waals surface area (Å²) in [5, 5.41) is 5.08. The van der Waals surface area contributed by atoms with Gasteiger partial charge in [-0.15, -0.1) is 0 Å². The van der Waals surface area contributed by atoms with Gasteiger partial charge >= 0.3 is 0 Å². The van der Waals surface area contributed by atoms with Crippen LogP contribution in [0.15, 0.2) is 71.9 Å². The number of carbonyl (C=O) groups excluding carboxylic acids is 1. The second-order valence-corrected chi connectivity index (χ2v) is 8.46. The van der Waals surface area contributed by atoms with E-state index in [0.29, 0.717) is 28.8 Å². The highest BCUT2D eigenvalue weighted by atomic mass is 35.5. The fraction of sp³-hybridized carbons (Fsp3) is 0.200. The minimum atomic E-state index is -0.468. The van der Waals surface area contributed by atoms with Crippen LogP contribution in [0.1, 0.15) is 27.9 Å². The van der Waals surface area contributed by atoms with Crippen molar-refractivity contribution in [3.63, 3.8) is 0 Å². The van der Waals surface area contributed by atoms with Gasteiger partial charge in [0, 0.05) is 24.1 Å². The lowest BCUT2D eigenvalue weighted by Gasteiger charge is -2.25. The van der Waals surface area contributed by atoms with Crippen molar-refractivity contribution in [1.82, 2.24) is 4.90 Å². The molecule has 170 valence electrons. The molecule has 3 aromatic carbocycles. The molecule has 0 radical (unpaired) electrons. The van der Waals surface area contributed by atoms with Crippen molar-refractivity contribution in [2.75, 3.05) is 13.7 Å². The average molecular weight is 487 g/mol. The van der Waals surface area contributed by atoms with Gasteiger partial charge in [-0.05, 0) is 48.0 Å². The second kappa shape index (κ2) is 10.2. The molecule has 1 aliphatic heterocycles. The second-order valence-electron chi connectivity index (χ2n) is 7.65. The molecule has 0 aliphatic carbocycles. The summed E-state index contributed by atoms with van der Waals surface area (Å²) in [4.78, 5) is 20.5. The summed E-state index contributed by atoms with van der Waals surface area (Å²) in [5.74, 6) is -0.0820. The van der Waals surface area contributed by atoms with Gasteiger partial charge in [-0.25, -0.2) is 4.39 Å². The molecule has 0 fully saturated rings. The fourth-order valence-electron chi connectivity index (χ4n) is 3.63. The Bertz CT molecular complexity index is 1200. The summed E-state index contributed by atoms with van der Waals surface area (Å²) in [6.07, 6.45) is 0.126. The maximum Gasteiger partial charge on any atom is 0.254 e. The molecule has 1 amide bonds. The third-order valence-electron chi connectivity index (χ3n) is 5.28. The molecule has 8 heteroatoms. The minimum Gasteiger partial charge on any atom is -0.497 e. The van der Waals surface area contributed by atoms with E-state index in [9.17, 15) is 9.18 Å². The normalized spacial score (nSPS) is 15.0. The van der Waals surface area contributed by atoms with Crippen LogP contribution < -0.4 is 4.74 Å². The lowest BCUT2D eigenvalue weighted by atomic mass is 10.0. The van der Waals surface area contributed by atoms with Crippen LogP contribution in [-0.2, 0) is 11.4 Å². The fourth-order valence-corrected chi connectivity index (χ4v) is 3.93. The molecule has 0 saturated carbocycles. The highest BCUT2D eigenvalue weighted by Crippen LogP contribution is 2.26.